The lowest BCUT2D eigenvalue weighted by atomic mass is 10.1. The molecule has 3 aromatic heterocycles. The molecule has 0 atom stereocenters. The first kappa shape index (κ1) is 22.9. The number of piperazine rings is 1. The van der Waals surface area contributed by atoms with Crippen molar-refractivity contribution in [3.8, 4) is 5.88 Å². The Balaban J connectivity index is 1.55. The number of carbonyl (C=O) groups is 1. The Labute approximate surface area is 204 Å². The zero-order valence-electron chi connectivity index (χ0n) is 20.6. The third-order valence-electron chi connectivity index (χ3n) is 6.63. The second-order valence-electron chi connectivity index (χ2n) is 9.34. The van der Waals surface area contributed by atoms with Crippen LogP contribution in [0.4, 0.5) is 11.8 Å². The van der Waals surface area contributed by atoms with Crippen molar-refractivity contribution >= 4 is 39.3 Å². The van der Waals surface area contributed by atoms with Gasteiger partial charge in [-0.3, -0.25) is 9.78 Å². The number of nitrogens with zero attached hydrogens (tertiary/aromatic N) is 7. The Morgan fingerprint density at radius 1 is 1.14 bits per heavy atom. The number of hydrogen-bond donors (Lipinski definition) is 1. The van der Waals surface area contributed by atoms with Crippen molar-refractivity contribution in [2.45, 2.75) is 33.4 Å². The van der Waals surface area contributed by atoms with Crippen molar-refractivity contribution in [1.29, 1.82) is 0 Å². The monoisotopic (exact) mass is 473 g/mol. The summed E-state index contributed by atoms with van der Waals surface area (Å²) in [6, 6.07) is 10.3. The Morgan fingerprint density at radius 2 is 1.91 bits per heavy atom. The quantitative estimate of drug-likeness (QED) is 0.458. The predicted octanol–water partition coefficient (Wildman–Crippen LogP) is 3.57. The van der Waals surface area contributed by atoms with Crippen molar-refractivity contribution in [2.24, 2.45) is 0 Å². The van der Waals surface area contributed by atoms with Gasteiger partial charge >= 0.3 is 0 Å². The maximum Gasteiger partial charge on any atom is 0.242 e. The highest BCUT2D eigenvalue weighted by atomic mass is 16.3. The van der Waals surface area contributed by atoms with Gasteiger partial charge in [0.25, 0.3) is 0 Å². The van der Waals surface area contributed by atoms with Gasteiger partial charge in [-0.1, -0.05) is 24.3 Å². The number of anilines is 2. The van der Waals surface area contributed by atoms with Crippen molar-refractivity contribution in [1.82, 2.24) is 24.4 Å². The highest BCUT2D eigenvalue weighted by molar-refractivity contribution is 5.94. The molecule has 1 aromatic carbocycles. The molecule has 1 N–H and O–H groups in total. The number of likely N-dealkylation sites (N-methyl/N-ethyl adjacent to an activating group) is 1. The summed E-state index contributed by atoms with van der Waals surface area (Å²) in [5.41, 5.74) is 1.40. The van der Waals surface area contributed by atoms with E-state index in [9.17, 15) is 9.90 Å². The van der Waals surface area contributed by atoms with Crippen LogP contribution in [0, 0.1) is 0 Å². The van der Waals surface area contributed by atoms with Crippen LogP contribution in [0.2, 0.25) is 0 Å². The fraction of sp³-hybridized carbons (Fsp3) is 0.385. The molecule has 0 radical (unpaired) electrons. The first-order valence-corrected chi connectivity index (χ1v) is 12.0. The molecule has 182 valence electrons. The highest BCUT2D eigenvalue weighted by Crippen LogP contribution is 2.35. The summed E-state index contributed by atoms with van der Waals surface area (Å²) in [7, 11) is 1.96. The fourth-order valence-electron chi connectivity index (χ4n) is 4.63. The summed E-state index contributed by atoms with van der Waals surface area (Å²) in [5, 5.41) is 14.0. The zero-order chi connectivity index (χ0) is 24.7. The fourth-order valence-corrected chi connectivity index (χ4v) is 4.63. The van der Waals surface area contributed by atoms with Gasteiger partial charge in [-0.05, 0) is 32.2 Å². The molecule has 4 heterocycles. The first-order valence-electron chi connectivity index (χ1n) is 12.0. The molecule has 1 amide bonds. The van der Waals surface area contributed by atoms with Crippen LogP contribution in [0.1, 0.15) is 32.5 Å². The molecule has 0 saturated carbocycles. The predicted molar refractivity (Wildman–Crippen MR) is 138 cm³/mol. The van der Waals surface area contributed by atoms with Gasteiger partial charge in [-0.25, -0.2) is 4.98 Å². The average molecular weight is 474 g/mol. The zero-order valence-corrected chi connectivity index (χ0v) is 20.6. The highest BCUT2D eigenvalue weighted by Gasteiger charge is 2.27. The van der Waals surface area contributed by atoms with Crippen LogP contribution in [0.3, 0.4) is 0 Å². The summed E-state index contributed by atoms with van der Waals surface area (Å²) in [6.07, 6.45) is 3.79. The van der Waals surface area contributed by atoms with Crippen molar-refractivity contribution in [3.63, 3.8) is 0 Å². The molecule has 35 heavy (non-hydrogen) atoms. The maximum atomic E-state index is 12.6. The molecule has 0 aliphatic carbocycles. The molecule has 1 aliphatic heterocycles. The minimum atomic E-state index is 0.0571. The molecule has 0 bridgehead atoms. The number of rotatable bonds is 6. The van der Waals surface area contributed by atoms with Crippen LogP contribution in [0.25, 0.3) is 21.7 Å². The summed E-state index contributed by atoms with van der Waals surface area (Å²) in [6.45, 7) is 8.73. The molecule has 0 spiro atoms. The molecule has 4 aromatic rings. The third kappa shape index (κ3) is 4.22. The molecule has 1 aliphatic rings. The maximum absolute atomic E-state index is 12.6. The summed E-state index contributed by atoms with van der Waals surface area (Å²) in [5.74, 6) is 1.31. The average Bonchev–Trinajstić information content (AvgIpc) is 3.20. The van der Waals surface area contributed by atoms with Gasteiger partial charge in [0.15, 0.2) is 0 Å². The van der Waals surface area contributed by atoms with Crippen LogP contribution < -0.4 is 9.80 Å². The number of aromatic nitrogens is 4. The third-order valence-corrected chi connectivity index (χ3v) is 6.63. The number of amides is 1. The number of hydrogen-bond acceptors (Lipinski definition) is 7. The lowest BCUT2D eigenvalue weighted by Crippen LogP contribution is -2.50. The second kappa shape index (κ2) is 9.05. The van der Waals surface area contributed by atoms with E-state index >= 15 is 0 Å². The summed E-state index contributed by atoms with van der Waals surface area (Å²) >= 11 is 0. The number of aromatic hydroxyl groups is 1. The van der Waals surface area contributed by atoms with Gasteiger partial charge in [0.1, 0.15) is 11.3 Å². The molecule has 1 saturated heterocycles. The molecule has 1 fully saturated rings. The van der Waals surface area contributed by atoms with E-state index in [2.05, 4.69) is 17.1 Å². The SMILES string of the molecule is CCN1CCN(c2nc(N(C)Cc3cc4ccccc4cn3)c3cn(C(C)C)c(O)c3n2)CC1=O. The summed E-state index contributed by atoms with van der Waals surface area (Å²) in [4.78, 5) is 32.6. The van der Waals surface area contributed by atoms with Gasteiger partial charge in [0.05, 0.1) is 24.2 Å². The van der Waals surface area contributed by atoms with Crippen LogP contribution in [-0.2, 0) is 11.3 Å². The van der Waals surface area contributed by atoms with Crippen molar-refractivity contribution in [2.75, 3.05) is 43.0 Å². The molecule has 9 nitrogen and oxygen atoms in total. The summed E-state index contributed by atoms with van der Waals surface area (Å²) < 4.78 is 1.80. The lowest BCUT2D eigenvalue weighted by molar-refractivity contribution is -0.130. The standard InChI is InChI=1S/C26H31N7O2/c1-5-31-10-11-32(16-22(31)34)26-28-23-21(15-33(17(2)3)25(23)35)24(29-26)30(4)14-20-12-18-8-6-7-9-19(18)13-27-20/h6-9,12-13,15,17,35H,5,10-11,14,16H2,1-4H3. The Bertz CT molecular complexity index is 1400. The molecular weight excluding hydrogens is 442 g/mol. The van der Waals surface area contributed by atoms with E-state index in [1.165, 1.54) is 0 Å². The van der Waals surface area contributed by atoms with E-state index in [4.69, 9.17) is 9.97 Å². The van der Waals surface area contributed by atoms with E-state index in [0.717, 1.165) is 21.9 Å². The number of fused-ring (bicyclic) bond motifs is 2. The van der Waals surface area contributed by atoms with Crippen molar-refractivity contribution in [3.05, 3.63) is 48.4 Å². The lowest BCUT2D eigenvalue weighted by Gasteiger charge is -2.34. The van der Waals surface area contributed by atoms with Crippen LogP contribution in [-0.4, -0.2) is 68.7 Å². The number of carbonyl (C=O) groups excluding carboxylic acids is 1. The van der Waals surface area contributed by atoms with Gasteiger partial charge in [0, 0.05) is 50.5 Å². The number of pyridine rings is 1. The first-order chi connectivity index (χ1) is 16.9. The van der Waals surface area contributed by atoms with Gasteiger partial charge < -0.3 is 24.4 Å². The van der Waals surface area contributed by atoms with E-state index in [1.54, 1.807) is 4.57 Å². The minimum absolute atomic E-state index is 0.0571. The van der Waals surface area contributed by atoms with Crippen LogP contribution in [0.15, 0.2) is 42.7 Å². The smallest absolute Gasteiger partial charge is 0.242 e. The van der Waals surface area contributed by atoms with Crippen molar-refractivity contribution < 1.29 is 9.90 Å². The largest absolute Gasteiger partial charge is 0.493 e. The number of benzene rings is 1. The van der Waals surface area contributed by atoms with E-state index in [-0.39, 0.29) is 24.4 Å². The van der Waals surface area contributed by atoms with E-state index in [0.29, 0.717) is 43.5 Å². The Hall–Kier alpha value is -3.88. The van der Waals surface area contributed by atoms with Gasteiger partial charge in [-0.2, -0.15) is 4.98 Å². The molecule has 5 rings (SSSR count). The molecule has 9 heteroatoms. The Kier molecular flexibility index (Phi) is 5.92. The minimum Gasteiger partial charge on any atom is -0.493 e. The Morgan fingerprint density at radius 3 is 2.63 bits per heavy atom. The van der Waals surface area contributed by atoms with E-state index in [1.807, 2.05) is 73.1 Å². The topological polar surface area (TPSA) is 90.6 Å². The molecular formula is C26H31N7O2. The van der Waals surface area contributed by atoms with E-state index < -0.39 is 0 Å². The normalized spacial score (nSPS) is 14.5. The van der Waals surface area contributed by atoms with Crippen LogP contribution >= 0.6 is 0 Å². The molecule has 0 unspecified atom stereocenters. The second-order valence-corrected chi connectivity index (χ2v) is 9.34. The van der Waals surface area contributed by atoms with Gasteiger partial charge in [0.2, 0.25) is 17.7 Å². The van der Waals surface area contributed by atoms with Crippen LogP contribution in [0.5, 0.6) is 5.88 Å². The van der Waals surface area contributed by atoms with Gasteiger partial charge in [-0.15, -0.1) is 0 Å².